The van der Waals surface area contributed by atoms with Crippen molar-refractivity contribution in [3.8, 4) is 0 Å². The summed E-state index contributed by atoms with van der Waals surface area (Å²) >= 11 is 0. The highest BCUT2D eigenvalue weighted by Gasteiger charge is 2.11. The maximum Gasteiger partial charge on any atom is 0.218 e. The second-order valence-electron chi connectivity index (χ2n) is 5.28. The van der Waals surface area contributed by atoms with Gasteiger partial charge >= 0.3 is 0 Å². The fourth-order valence-electron chi connectivity index (χ4n) is 2.05. The first-order valence-corrected chi connectivity index (χ1v) is 6.54. The van der Waals surface area contributed by atoms with E-state index >= 15 is 0 Å². The van der Waals surface area contributed by atoms with Crippen LogP contribution in [0.1, 0.15) is 57.2 Å². The minimum atomic E-state index is -0.266. The lowest BCUT2D eigenvalue weighted by molar-refractivity contribution is -0.118. The van der Waals surface area contributed by atoms with Crippen LogP contribution >= 0.6 is 0 Å². The molecule has 2 atom stereocenters. The summed E-state index contributed by atoms with van der Waals surface area (Å²) in [7, 11) is 0. The topological polar surface area (TPSA) is 55.1 Å². The number of hydrogen-bond donors (Lipinski definition) is 2. The zero-order valence-electron chi connectivity index (χ0n) is 11.7. The predicted molar refractivity (Wildman–Crippen MR) is 75.4 cm³/mol. The van der Waals surface area contributed by atoms with E-state index in [1.807, 2.05) is 6.92 Å². The summed E-state index contributed by atoms with van der Waals surface area (Å²) in [6.45, 7) is 8.45. The number of nitrogens with two attached hydrogens (primary N) is 1. The number of rotatable bonds is 6. The van der Waals surface area contributed by atoms with Gasteiger partial charge in [-0.3, -0.25) is 4.79 Å². The fourth-order valence-corrected chi connectivity index (χ4v) is 2.05. The van der Waals surface area contributed by atoms with Gasteiger partial charge in [-0.15, -0.1) is 0 Å². The second-order valence-corrected chi connectivity index (χ2v) is 5.28. The summed E-state index contributed by atoms with van der Waals surface area (Å²) in [6.07, 6.45) is 0.369. The molecule has 3 N–H and O–H groups in total. The second kappa shape index (κ2) is 6.55. The summed E-state index contributed by atoms with van der Waals surface area (Å²) in [5, 5.41) is 3.38. The number of amides is 1. The molecule has 0 aliphatic rings. The monoisotopic (exact) mass is 248 g/mol. The van der Waals surface area contributed by atoms with Crippen molar-refractivity contribution in [2.24, 2.45) is 5.73 Å². The zero-order chi connectivity index (χ0) is 13.7. The van der Waals surface area contributed by atoms with Crippen LogP contribution < -0.4 is 11.1 Å². The van der Waals surface area contributed by atoms with Gasteiger partial charge in [-0.2, -0.15) is 0 Å². The lowest BCUT2D eigenvalue weighted by Crippen LogP contribution is -2.32. The predicted octanol–water partition coefficient (Wildman–Crippen LogP) is 2.72. The third-order valence-corrected chi connectivity index (χ3v) is 3.15. The largest absolute Gasteiger partial charge is 0.370 e. The van der Waals surface area contributed by atoms with Gasteiger partial charge in [0.1, 0.15) is 0 Å². The molecule has 1 rings (SSSR count). The number of carbonyl (C=O) groups excluding carboxylic acids is 1. The van der Waals surface area contributed by atoms with Crippen molar-refractivity contribution in [3.05, 3.63) is 35.4 Å². The van der Waals surface area contributed by atoms with Crippen molar-refractivity contribution < 1.29 is 4.79 Å². The van der Waals surface area contributed by atoms with E-state index in [9.17, 15) is 4.79 Å². The first-order chi connectivity index (χ1) is 8.40. The molecule has 1 aromatic rings. The molecule has 0 heterocycles. The Bertz CT molecular complexity index is 384. The van der Waals surface area contributed by atoms with E-state index in [1.165, 1.54) is 11.1 Å². The van der Waals surface area contributed by atoms with Crippen LogP contribution in [0.15, 0.2) is 24.3 Å². The minimum Gasteiger partial charge on any atom is -0.370 e. The molecule has 0 saturated heterocycles. The van der Waals surface area contributed by atoms with Crippen LogP contribution in [0.2, 0.25) is 0 Å². The molecule has 1 amide bonds. The molecular formula is C15H24N2O. The molecule has 0 spiro atoms. The Morgan fingerprint density at radius 3 is 2.06 bits per heavy atom. The van der Waals surface area contributed by atoms with Crippen molar-refractivity contribution in [2.75, 3.05) is 0 Å². The van der Waals surface area contributed by atoms with Crippen molar-refractivity contribution in [1.82, 2.24) is 5.32 Å². The van der Waals surface area contributed by atoms with Crippen LogP contribution in [0.25, 0.3) is 0 Å². The Labute approximate surface area is 110 Å². The van der Waals surface area contributed by atoms with Crippen LogP contribution in [-0.4, -0.2) is 11.9 Å². The van der Waals surface area contributed by atoms with Gasteiger partial charge in [0.15, 0.2) is 0 Å². The van der Waals surface area contributed by atoms with E-state index in [0.29, 0.717) is 12.3 Å². The van der Waals surface area contributed by atoms with E-state index in [0.717, 1.165) is 0 Å². The number of hydrogen-bond acceptors (Lipinski definition) is 2. The van der Waals surface area contributed by atoms with Crippen molar-refractivity contribution in [2.45, 2.75) is 52.1 Å². The fraction of sp³-hybridized carbons (Fsp3) is 0.533. The molecule has 2 unspecified atom stereocenters. The standard InChI is InChI=1S/C15H24N2O/c1-10(2)13-5-7-14(8-6-13)12(4)17-11(3)9-15(16)18/h5-8,10-12,17H,9H2,1-4H3,(H2,16,18). The molecular weight excluding hydrogens is 224 g/mol. The summed E-state index contributed by atoms with van der Waals surface area (Å²) in [4.78, 5) is 10.8. The van der Waals surface area contributed by atoms with Crippen LogP contribution in [0.4, 0.5) is 0 Å². The summed E-state index contributed by atoms with van der Waals surface area (Å²) in [6, 6.07) is 8.94. The van der Waals surface area contributed by atoms with Crippen molar-refractivity contribution >= 4 is 5.91 Å². The van der Waals surface area contributed by atoms with Gasteiger partial charge in [0.2, 0.25) is 5.91 Å². The normalized spacial score (nSPS) is 14.5. The molecule has 18 heavy (non-hydrogen) atoms. The number of benzene rings is 1. The maximum atomic E-state index is 10.8. The van der Waals surface area contributed by atoms with E-state index in [-0.39, 0.29) is 18.0 Å². The molecule has 3 nitrogen and oxygen atoms in total. The molecule has 0 radical (unpaired) electrons. The Hall–Kier alpha value is -1.35. The molecule has 0 aliphatic heterocycles. The lowest BCUT2D eigenvalue weighted by Gasteiger charge is -2.20. The Balaban J connectivity index is 2.61. The molecule has 3 heteroatoms. The third-order valence-electron chi connectivity index (χ3n) is 3.15. The Morgan fingerprint density at radius 1 is 1.11 bits per heavy atom. The number of nitrogens with one attached hydrogen (secondary N) is 1. The van der Waals surface area contributed by atoms with Gasteiger partial charge in [0.05, 0.1) is 0 Å². The van der Waals surface area contributed by atoms with E-state index in [2.05, 4.69) is 50.4 Å². The quantitative estimate of drug-likeness (QED) is 0.813. The molecule has 0 bridgehead atoms. The highest BCUT2D eigenvalue weighted by molar-refractivity contribution is 5.74. The first kappa shape index (κ1) is 14.7. The molecule has 0 fully saturated rings. The Morgan fingerprint density at radius 2 is 1.61 bits per heavy atom. The third kappa shape index (κ3) is 4.49. The van der Waals surface area contributed by atoms with Crippen LogP contribution in [0, 0.1) is 0 Å². The first-order valence-electron chi connectivity index (χ1n) is 6.54. The summed E-state index contributed by atoms with van der Waals surface area (Å²) in [5.41, 5.74) is 7.76. The molecule has 0 saturated carbocycles. The molecule has 100 valence electrons. The van der Waals surface area contributed by atoms with Crippen LogP contribution in [-0.2, 0) is 4.79 Å². The number of carbonyl (C=O) groups is 1. The van der Waals surface area contributed by atoms with Crippen molar-refractivity contribution in [1.29, 1.82) is 0 Å². The minimum absolute atomic E-state index is 0.0993. The van der Waals surface area contributed by atoms with Crippen LogP contribution in [0.3, 0.4) is 0 Å². The van der Waals surface area contributed by atoms with Gasteiger partial charge in [0.25, 0.3) is 0 Å². The Kier molecular flexibility index (Phi) is 5.35. The highest BCUT2D eigenvalue weighted by Crippen LogP contribution is 2.19. The van der Waals surface area contributed by atoms with E-state index in [4.69, 9.17) is 5.73 Å². The SMILES string of the molecule is CC(CC(N)=O)NC(C)c1ccc(C(C)C)cc1. The van der Waals surface area contributed by atoms with Crippen LogP contribution in [0.5, 0.6) is 0 Å². The molecule has 0 aliphatic carbocycles. The lowest BCUT2D eigenvalue weighted by atomic mass is 9.99. The zero-order valence-corrected chi connectivity index (χ0v) is 11.7. The average molecular weight is 248 g/mol. The van der Waals surface area contributed by atoms with Gasteiger partial charge in [-0.05, 0) is 30.9 Å². The summed E-state index contributed by atoms with van der Waals surface area (Å²) < 4.78 is 0. The molecule has 0 aromatic heterocycles. The molecule has 1 aromatic carbocycles. The maximum absolute atomic E-state index is 10.8. The van der Waals surface area contributed by atoms with Gasteiger partial charge in [0, 0.05) is 18.5 Å². The van der Waals surface area contributed by atoms with E-state index < -0.39 is 0 Å². The average Bonchev–Trinajstić information content (AvgIpc) is 2.27. The van der Waals surface area contributed by atoms with Gasteiger partial charge in [-0.25, -0.2) is 0 Å². The highest BCUT2D eigenvalue weighted by atomic mass is 16.1. The van der Waals surface area contributed by atoms with Gasteiger partial charge in [-0.1, -0.05) is 38.1 Å². The van der Waals surface area contributed by atoms with Crippen molar-refractivity contribution in [3.63, 3.8) is 0 Å². The smallest absolute Gasteiger partial charge is 0.218 e. The summed E-state index contributed by atoms with van der Waals surface area (Å²) in [5.74, 6) is 0.286. The number of primary amides is 1. The van der Waals surface area contributed by atoms with E-state index in [1.54, 1.807) is 0 Å². The van der Waals surface area contributed by atoms with Gasteiger partial charge < -0.3 is 11.1 Å².